The fourth-order valence-electron chi connectivity index (χ4n) is 2.22. The first-order chi connectivity index (χ1) is 10.5. The largest absolute Gasteiger partial charge is 0.340 e. The molecule has 1 amide bonds. The first kappa shape index (κ1) is 14.2. The molecule has 0 fully saturated rings. The Hall–Kier alpha value is -2.77. The van der Waals surface area contributed by atoms with Gasteiger partial charge in [0.2, 0.25) is 5.89 Å². The normalized spacial score (nSPS) is 12.5. The Kier molecular flexibility index (Phi) is 3.36. The quantitative estimate of drug-likeness (QED) is 0.788. The molecular weight excluding hydrogens is 286 g/mol. The molecule has 3 rings (SSSR count). The molecule has 3 heterocycles. The number of hydrogen-bond acceptors (Lipinski definition) is 7. The second-order valence-electron chi connectivity index (χ2n) is 5.13. The van der Waals surface area contributed by atoms with Crippen molar-refractivity contribution in [2.45, 2.75) is 33.7 Å². The summed E-state index contributed by atoms with van der Waals surface area (Å²) in [6.07, 6.45) is 0. The van der Waals surface area contributed by atoms with E-state index in [0.29, 0.717) is 39.8 Å². The highest BCUT2D eigenvalue weighted by atomic mass is 16.5. The van der Waals surface area contributed by atoms with Crippen LogP contribution in [0.15, 0.2) is 15.1 Å². The van der Waals surface area contributed by atoms with Gasteiger partial charge in [0.05, 0.1) is 16.6 Å². The van der Waals surface area contributed by atoms with Crippen molar-refractivity contribution >= 4 is 17.0 Å². The lowest BCUT2D eigenvalue weighted by atomic mass is 10.1. The minimum absolute atomic E-state index is 0.273. The first-order valence-corrected chi connectivity index (χ1v) is 6.80. The third-order valence-electron chi connectivity index (χ3n) is 3.25. The van der Waals surface area contributed by atoms with Gasteiger partial charge in [-0.2, -0.15) is 4.98 Å². The number of amides is 1. The molecule has 8 nitrogen and oxygen atoms in total. The van der Waals surface area contributed by atoms with Crippen LogP contribution in [0.2, 0.25) is 0 Å². The third-order valence-corrected chi connectivity index (χ3v) is 3.25. The van der Waals surface area contributed by atoms with Crippen LogP contribution < -0.4 is 5.32 Å². The van der Waals surface area contributed by atoms with E-state index in [0.717, 1.165) is 0 Å². The van der Waals surface area contributed by atoms with E-state index in [1.165, 1.54) is 0 Å². The van der Waals surface area contributed by atoms with Crippen LogP contribution in [0.4, 0.5) is 0 Å². The summed E-state index contributed by atoms with van der Waals surface area (Å²) >= 11 is 0. The van der Waals surface area contributed by atoms with Gasteiger partial charge in [0.25, 0.3) is 11.6 Å². The number of aromatic nitrogens is 4. The predicted octanol–water partition coefficient (Wildman–Crippen LogP) is 2.02. The van der Waals surface area contributed by atoms with Crippen molar-refractivity contribution in [2.75, 3.05) is 0 Å². The van der Waals surface area contributed by atoms with Crippen LogP contribution in [0.3, 0.4) is 0 Å². The van der Waals surface area contributed by atoms with Gasteiger partial charge in [0.15, 0.2) is 5.82 Å². The van der Waals surface area contributed by atoms with E-state index in [-0.39, 0.29) is 5.91 Å². The summed E-state index contributed by atoms with van der Waals surface area (Å²) in [6.45, 7) is 7.05. The van der Waals surface area contributed by atoms with Crippen molar-refractivity contribution in [3.05, 3.63) is 34.7 Å². The molecule has 0 unspecified atom stereocenters. The highest BCUT2D eigenvalue weighted by Gasteiger charge is 2.21. The van der Waals surface area contributed by atoms with Crippen LogP contribution >= 0.6 is 0 Å². The number of hydrogen-bond donors (Lipinski definition) is 1. The zero-order chi connectivity index (χ0) is 15.9. The molecule has 8 heteroatoms. The fraction of sp³-hybridized carbons (Fsp3) is 0.357. The minimum atomic E-state index is -0.405. The molecule has 22 heavy (non-hydrogen) atoms. The lowest BCUT2D eigenvalue weighted by molar-refractivity contribution is 0.0934. The summed E-state index contributed by atoms with van der Waals surface area (Å²) in [6, 6.07) is 1.30. The van der Waals surface area contributed by atoms with E-state index in [2.05, 4.69) is 25.6 Å². The van der Waals surface area contributed by atoms with Crippen molar-refractivity contribution in [3.63, 3.8) is 0 Å². The molecule has 0 aliphatic carbocycles. The molecule has 1 atom stereocenters. The molecule has 114 valence electrons. The molecule has 3 aromatic rings. The first-order valence-electron chi connectivity index (χ1n) is 6.80. The van der Waals surface area contributed by atoms with Gasteiger partial charge in [-0.25, -0.2) is 4.98 Å². The third kappa shape index (κ3) is 2.43. The van der Waals surface area contributed by atoms with Crippen molar-refractivity contribution < 1.29 is 13.8 Å². The lowest BCUT2D eigenvalue weighted by Crippen LogP contribution is -2.27. The van der Waals surface area contributed by atoms with Gasteiger partial charge < -0.3 is 14.4 Å². The molecule has 3 aromatic heterocycles. The van der Waals surface area contributed by atoms with Gasteiger partial charge in [-0.1, -0.05) is 10.3 Å². The summed E-state index contributed by atoms with van der Waals surface area (Å²) in [5.41, 5.74) is 2.11. The standard InChI is InChI=1S/C14H15N5O3/c1-6-5-10(11-7(2)18-22-14(11)15-6)12(20)16-8(3)13-17-9(4)19-21-13/h5,8H,1-4H3,(H,16,20)/t8-/m1/s1. The minimum Gasteiger partial charge on any atom is -0.340 e. The number of carbonyl (C=O) groups excluding carboxylic acids is 1. The zero-order valence-corrected chi connectivity index (χ0v) is 12.7. The average molecular weight is 301 g/mol. The second-order valence-corrected chi connectivity index (χ2v) is 5.13. The number of carbonyl (C=O) groups is 1. The van der Waals surface area contributed by atoms with Gasteiger partial charge in [0, 0.05) is 5.69 Å². The van der Waals surface area contributed by atoms with E-state index >= 15 is 0 Å². The van der Waals surface area contributed by atoms with Crippen molar-refractivity contribution in [2.24, 2.45) is 0 Å². The average Bonchev–Trinajstić information content (AvgIpc) is 3.05. The number of nitrogens with one attached hydrogen (secondary N) is 1. The van der Waals surface area contributed by atoms with Gasteiger partial charge >= 0.3 is 0 Å². The van der Waals surface area contributed by atoms with E-state index in [1.54, 1.807) is 33.8 Å². The Morgan fingerprint density at radius 1 is 1.18 bits per heavy atom. The molecule has 0 saturated heterocycles. The number of aryl methyl sites for hydroxylation is 3. The van der Waals surface area contributed by atoms with Crippen LogP contribution in [0.25, 0.3) is 11.1 Å². The van der Waals surface area contributed by atoms with Crippen LogP contribution in [0.5, 0.6) is 0 Å². The monoisotopic (exact) mass is 301 g/mol. The maximum absolute atomic E-state index is 12.6. The van der Waals surface area contributed by atoms with Crippen LogP contribution in [0, 0.1) is 20.8 Å². The number of rotatable bonds is 3. The zero-order valence-electron chi connectivity index (χ0n) is 12.7. The molecule has 0 radical (unpaired) electrons. The van der Waals surface area contributed by atoms with Crippen molar-refractivity contribution in [1.29, 1.82) is 0 Å². The lowest BCUT2D eigenvalue weighted by Gasteiger charge is -2.10. The van der Waals surface area contributed by atoms with Crippen LogP contribution in [0.1, 0.15) is 46.4 Å². The molecule has 1 N–H and O–H groups in total. The molecule has 0 spiro atoms. The van der Waals surface area contributed by atoms with Gasteiger partial charge in [-0.05, 0) is 33.8 Å². The topological polar surface area (TPSA) is 107 Å². The molecule has 0 aliphatic heterocycles. The van der Waals surface area contributed by atoms with Gasteiger partial charge in [0.1, 0.15) is 6.04 Å². The van der Waals surface area contributed by atoms with Gasteiger partial charge in [-0.3, -0.25) is 4.79 Å². The summed E-state index contributed by atoms with van der Waals surface area (Å²) < 4.78 is 10.2. The second kappa shape index (κ2) is 5.21. The smallest absolute Gasteiger partial charge is 0.258 e. The van der Waals surface area contributed by atoms with Crippen LogP contribution in [-0.2, 0) is 0 Å². The Labute approximate surface area is 125 Å². The van der Waals surface area contributed by atoms with E-state index in [9.17, 15) is 4.79 Å². The Balaban J connectivity index is 1.93. The Morgan fingerprint density at radius 2 is 1.95 bits per heavy atom. The summed E-state index contributed by atoms with van der Waals surface area (Å²) in [5, 5.41) is 11.0. The molecule has 0 saturated carbocycles. The molecular formula is C14H15N5O3. The maximum atomic E-state index is 12.6. The summed E-state index contributed by atoms with van der Waals surface area (Å²) in [7, 11) is 0. The summed E-state index contributed by atoms with van der Waals surface area (Å²) in [5.74, 6) is 0.605. The fourth-order valence-corrected chi connectivity index (χ4v) is 2.22. The van der Waals surface area contributed by atoms with E-state index < -0.39 is 6.04 Å². The van der Waals surface area contributed by atoms with E-state index in [4.69, 9.17) is 9.05 Å². The SMILES string of the molecule is Cc1cc(C(=O)N[C@H](C)c2nc(C)no2)c2c(C)noc2n1. The van der Waals surface area contributed by atoms with Crippen LogP contribution in [-0.4, -0.2) is 26.2 Å². The number of pyridine rings is 1. The highest BCUT2D eigenvalue weighted by molar-refractivity contribution is 6.06. The molecule has 0 bridgehead atoms. The van der Waals surface area contributed by atoms with Crippen molar-refractivity contribution in [1.82, 2.24) is 25.6 Å². The number of nitrogens with zero attached hydrogens (tertiary/aromatic N) is 4. The Morgan fingerprint density at radius 3 is 2.64 bits per heavy atom. The summed E-state index contributed by atoms with van der Waals surface area (Å²) in [4.78, 5) is 20.9. The number of fused-ring (bicyclic) bond motifs is 1. The molecule has 0 aromatic carbocycles. The molecule has 0 aliphatic rings. The van der Waals surface area contributed by atoms with E-state index in [1.807, 2.05) is 0 Å². The highest BCUT2D eigenvalue weighted by Crippen LogP contribution is 2.22. The van der Waals surface area contributed by atoms with Crippen molar-refractivity contribution in [3.8, 4) is 0 Å². The predicted molar refractivity (Wildman–Crippen MR) is 76.2 cm³/mol. The van der Waals surface area contributed by atoms with Gasteiger partial charge in [-0.15, -0.1) is 0 Å². The Bertz CT molecular complexity index is 851. The maximum Gasteiger partial charge on any atom is 0.258 e.